The first-order valence-electron chi connectivity index (χ1n) is 7.92. The van der Waals surface area contributed by atoms with Gasteiger partial charge in [0.2, 0.25) is 0 Å². The van der Waals surface area contributed by atoms with Crippen LogP contribution in [0.4, 0.5) is 8.78 Å². The lowest BCUT2D eigenvalue weighted by molar-refractivity contribution is 0.589. The van der Waals surface area contributed by atoms with Crippen LogP contribution in [-0.2, 0) is 0 Å². The number of fused-ring (bicyclic) bond motifs is 1. The summed E-state index contributed by atoms with van der Waals surface area (Å²) in [5, 5.41) is 0.484. The molecule has 4 nitrogen and oxygen atoms in total. The smallest absolute Gasteiger partial charge is 0.145 e. The van der Waals surface area contributed by atoms with Gasteiger partial charge in [0.15, 0.2) is 0 Å². The summed E-state index contributed by atoms with van der Waals surface area (Å²) in [5.41, 5.74) is 3.08. The van der Waals surface area contributed by atoms with E-state index in [2.05, 4.69) is 15.0 Å². The third kappa shape index (κ3) is 2.09. The van der Waals surface area contributed by atoms with Crippen molar-refractivity contribution in [3.05, 3.63) is 71.3 Å². The first-order chi connectivity index (χ1) is 12.6. The number of benzene rings is 2. The molecule has 0 amide bonds. The number of hydrogen-bond acceptors (Lipinski definition) is 1. The number of hydrogen-bond donors (Lipinski definition) is 2. The molecule has 26 heavy (non-hydrogen) atoms. The summed E-state index contributed by atoms with van der Waals surface area (Å²) in [6.45, 7) is 0. The molecule has 3 aromatic heterocycles. The summed E-state index contributed by atoms with van der Waals surface area (Å²) in [6.07, 6.45) is 0. The predicted molar refractivity (Wildman–Crippen MR) is 98.1 cm³/mol. The minimum Gasteiger partial charge on any atom is -0.340 e. The molecule has 2 N–H and O–H groups in total. The zero-order valence-corrected chi connectivity index (χ0v) is 14.0. The molecule has 0 unspecified atom stereocenters. The van der Waals surface area contributed by atoms with Crippen LogP contribution >= 0.6 is 11.6 Å². The number of pyridine rings is 1. The minimum absolute atomic E-state index is 0.180. The van der Waals surface area contributed by atoms with Crippen LogP contribution < -0.4 is 0 Å². The molecule has 3 heterocycles. The van der Waals surface area contributed by atoms with Gasteiger partial charge in [-0.15, -0.1) is 0 Å². The zero-order chi connectivity index (χ0) is 17.8. The van der Waals surface area contributed by atoms with Crippen LogP contribution in [0.3, 0.4) is 0 Å². The van der Waals surface area contributed by atoms with Crippen molar-refractivity contribution in [1.82, 2.24) is 19.4 Å². The van der Waals surface area contributed by atoms with Crippen molar-refractivity contribution >= 4 is 39.6 Å². The maximum Gasteiger partial charge on any atom is 0.145 e. The standard InChI is InChI=1S/C19H11ClF2N4/c20-10-4-1-7-13-17(10)25-19-18(16-11(21)5-2-6-12(16)22)24-15-9-3-8-14(23-13)26(15)19/h1-9,23,25H. The van der Waals surface area contributed by atoms with Crippen LogP contribution in [0.2, 0.25) is 5.02 Å². The predicted octanol–water partition coefficient (Wildman–Crippen LogP) is 5.46. The van der Waals surface area contributed by atoms with Crippen LogP contribution in [0, 0.1) is 11.6 Å². The third-order valence-electron chi connectivity index (χ3n) is 4.36. The molecule has 5 rings (SSSR count). The van der Waals surface area contributed by atoms with E-state index in [1.54, 1.807) is 16.5 Å². The lowest BCUT2D eigenvalue weighted by Gasteiger charge is -2.02. The Morgan fingerprint density at radius 1 is 0.885 bits per heavy atom. The highest BCUT2D eigenvalue weighted by Crippen LogP contribution is 2.31. The Morgan fingerprint density at radius 3 is 2.42 bits per heavy atom. The van der Waals surface area contributed by atoms with Crippen LogP contribution in [0.1, 0.15) is 0 Å². The quantitative estimate of drug-likeness (QED) is 0.405. The number of imidazole rings is 1. The van der Waals surface area contributed by atoms with Crippen molar-refractivity contribution < 1.29 is 8.78 Å². The number of para-hydroxylation sites is 1. The zero-order valence-electron chi connectivity index (χ0n) is 13.2. The molecule has 7 heteroatoms. The first kappa shape index (κ1) is 15.2. The second-order valence-electron chi connectivity index (χ2n) is 5.92. The van der Waals surface area contributed by atoms with E-state index in [9.17, 15) is 8.78 Å². The average Bonchev–Trinajstić information content (AvgIpc) is 2.86. The molecule has 5 aromatic rings. The Kier molecular flexibility index (Phi) is 3.17. The van der Waals surface area contributed by atoms with Crippen LogP contribution in [-0.4, -0.2) is 19.4 Å². The number of nitrogens with one attached hydrogen (secondary N) is 2. The van der Waals surface area contributed by atoms with Gasteiger partial charge in [-0.1, -0.05) is 29.8 Å². The molecule has 0 aliphatic rings. The van der Waals surface area contributed by atoms with Crippen molar-refractivity contribution in [2.24, 2.45) is 0 Å². The number of aromatic nitrogens is 4. The number of rotatable bonds is 1. The van der Waals surface area contributed by atoms with E-state index in [1.807, 2.05) is 24.3 Å². The van der Waals surface area contributed by atoms with Crippen LogP contribution in [0.15, 0.2) is 54.6 Å². The Hall–Kier alpha value is -3.12. The second-order valence-corrected chi connectivity index (χ2v) is 6.33. The van der Waals surface area contributed by atoms with E-state index in [1.165, 1.54) is 18.2 Å². The normalized spacial score (nSPS) is 11.7. The molecule has 0 saturated heterocycles. The molecular weight excluding hydrogens is 358 g/mol. The highest BCUT2D eigenvalue weighted by Gasteiger charge is 2.19. The van der Waals surface area contributed by atoms with Gasteiger partial charge in [-0.05, 0) is 36.4 Å². The van der Waals surface area contributed by atoms with Crippen molar-refractivity contribution in [2.45, 2.75) is 0 Å². The lowest BCUT2D eigenvalue weighted by atomic mass is 10.1. The molecule has 0 aliphatic heterocycles. The molecule has 0 radical (unpaired) electrons. The molecule has 0 saturated carbocycles. The van der Waals surface area contributed by atoms with E-state index in [0.29, 0.717) is 27.5 Å². The van der Waals surface area contributed by atoms with E-state index < -0.39 is 11.6 Å². The van der Waals surface area contributed by atoms with Crippen molar-refractivity contribution in [2.75, 3.05) is 0 Å². The Bertz CT molecular complexity index is 1310. The summed E-state index contributed by atoms with van der Waals surface area (Å²) in [4.78, 5) is 11.0. The summed E-state index contributed by atoms with van der Waals surface area (Å²) in [5.74, 6) is -1.35. The van der Waals surface area contributed by atoms with Gasteiger partial charge in [-0.2, -0.15) is 0 Å². The monoisotopic (exact) mass is 368 g/mol. The van der Waals surface area contributed by atoms with Gasteiger partial charge in [0.05, 0.1) is 21.6 Å². The summed E-state index contributed by atoms with van der Waals surface area (Å²) < 4.78 is 30.6. The van der Waals surface area contributed by atoms with E-state index >= 15 is 0 Å². The largest absolute Gasteiger partial charge is 0.340 e. The highest BCUT2D eigenvalue weighted by molar-refractivity contribution is 6.34. The second kappa shape index (κ2) is 5.44. The third-order valence-corrected chi connectivity index (χ3v) is 4.68. The molecule has 0 fully saturated rings. The Labute approximate surface area is 150 Å². The molecule has 128 valence electrons. The van der Waals surface area contributed by atoms with E-state index in [-0.39, 0.29) is 11.3 Å². The summed E-state index contributed by atoms with van der Waals surface area (Å²) in [7, 11) is 0. The van der Waals surface area contributed by atoms with Crippen LogP contribution in [0.25, 0.3) is 39.2 Å². The SMILES string of the molecule is Fc1cccc(F)c1-c1nc2cccc3[nH]c4cccc(Cl)c4[nH]c1n23. The topological polar surface area (TPSA) is 48.9 Å². The Balaban J connectivity index is 2.06. The lowest BCUT2D eigenvalue weighted by Crippen LogP contribution is -1.92. The molecule has 0 aliphatic carbocycles. The average molecular weight is 369 g/mol. The summed E-state index contributed by atoms with van der Waals surface area (Å²) >= 11 is 6.34. The molecule has 0 spiro atoms. The molecule has 2 aromatic carbocycles. The fourth-order valence-electron chi connectivity index (χ4n) is 3.22. The number of halogens is 3. The molecule has 0 atom stereocenters. The fourth-order valence-corrected chi connectivity index (χ4v) is 3.44. The van der Waals surface area contributed by atoms with Crippen LogP contribution in [0.5, 0.6) is 0 Å². The van der Waals surface area contributed by atoms with Gasteiger partial charge >= 0.3 is 0 Å². The Morgan fingerprint density at radius 2 is 1.62 bits per heavy atom. The van der Waals surface area contributed by atoms with Crippen molar-refractivity contribution in [3.8, 4) is 11.3 Å². The minimum atomic E-state index is -0.676. The van der Waals surface area contributed by atoms with Gasteiger partial charge in [-0.25, -0.2) is 13.8 Å². The number of aromatic amines is 2. The van der Waals surface area contributed by atoms with Gasteiger partial charge in [0.25, 0.3) is 0 Å². The number of H-pyrrole nitrogens is 2. The fraction of sp³-hybridized carbons (Fsp3) is 0. The van der Waals surface area contributed by atoms with Crippen molar-refractivity contribution in [3.63, 3.8) is 0 Å². The van der Waals surface area contributed by atoms with Gasteiger partial charge < -0.3 is 9.97 Å². The highest BCUT2D eigenvalue weighted by atomic mass is 35.5. The maximum atomic E-state index is 14.4. The maximum absolute atomic E-state index is 14.4. The van der Waals surface area contributed by atoms with Gasteiger partial charge in [0.1, 0.15) is 34.3 Å². The van der Waals surface area contributed by atoms with Gasteiger partial charge in [-0.3, -0.25) is 4.40 Å². The van der Waals surface area contributed by atoms with E-state index in [0.717, 1.165) is 5.52 Å². The molecular formula is C19H11ClF2N4. The number of nitrogens with zero attached hydrogens (tertiary/aromatic N) is 2. The summed E-state index contributed by atoms with van der Waals surface area (Å²) in [6, 6.07) is 14.7. The van der Waals surface area contributed by atoms with Crippen molar-refractivity contribution in [1.29, 1.82) is 0 Å². The van der Waals surface area contributed by atoms with Gasteiger partial charge in [0, 0.05) is 0 Å². The van der Waals surface area contributed by atoms with E-state index in [4.69, 9.17) is 11.6 Å². The molecule has 0 bridgehead atoms. The first-order valence-corrected chi connectivity index (χ1v) is 8.29.